The van der Waals surface area contributed by atoms with Gasteiger partial charge in [0.1, 0.15) is 0 Å². The fourth-order valence-electron chi connectivity index (χ4n) is 3.16. The first kappa shape index (κ1) is 19.5. The zero-order valence-electron chi connectivity index (χ0n) is 16.0. The fourth-order valence-corrected chi connectivity index (χ4v) is 3.16. The number of rotatable bonds is 2. The smallest absolute Gasteiger partial charge is 0.399 e. The summed E-state index contributed by atoms with van der Waals surface area (Å²) in [5, 5.41) is 0. The monoisotopic (exact) mass is 370 g/mol. The summed E-state index contributed by atoms with van der Waals surface area (Å²) < 4.78 is 52.3. The second-order valence-corrected chi connectivity index (χ2v) is 8.19. The van der Waals surface area contributed by atoms with Gasteiger partial charge >= 0.3 is 13.3 Å². The maximum absolute atomic E-state index is 13.5. The molecule has 0 radical (unpaired) electrons. The number of nitrogens with zero attached hydrogens (tertiary/aromatic N) is 2. The van der Waals surface area contributed by atoms with Crippen LogP contribution in [0, 0.1) is 0 Å². The Hall–Kier alpha value is -1.25. The Bertz CT molecular complexity index is 655. The molecule has 2 heterocycles. The minimum Gasteiger partial charge on any atom is -0.399 e. The van der Waals surface area contributed by atoms with E-state index in [1.54, 1.807) is 6.07 Å². The van der Waals surface area contributed by atoms with Gasteiger partial charge in [-0.15, -0.1) is 0 Å². The van der Waals surface area contributed by atoms with Crippen LogP contribution >= 0.6 is 0 Å². The largest absolute Gasteiger partial charge is 0.494 e. The third-order valence-corrected chi connectivity index (χ3v) is 5.66. The summed E-state index contributed by atoms with van der Waals surface area (Å²) in [4.78, 5) is 4.16. The average molecular weight is 370 g/mol. The molecule has 1 aromatic rings. The Labute approximate surface area is 153 Å². The van der Waals surface area contributed by atoms with Gasteiger partial charge in [-0.3, -0.25) is 0 Å². The van der Waals surface area contributed by atoms with E-state index in [-0.39, 0.29) is 0 Å². The van der Waals surface area contributed by atoms with Crippen LogP contribution in [0.4, 0.5) is 18.9 Å². The van der Waals surface area contributed by atoms with Crippen molar-refractivity contribution in [2.45, 2.75) is 45.1 Å². The molecule has 26 heavy (non-hydrogen) atoms. The van der Waals surface area contributed by atoms with Crippen LogP contribution in [0.5, 0.6) is 0 Å². The molecule has 0 amide bonds. The number of anilines is 1. The van der Waals surface area contributed by atoms with E-state index >= 15 is 0 Å². The van der Waals surface area contributed by atoms with E-state index in [1.165, 1.54) is 6.07 Å². The molecule has 0 aromatic heterocycles. The highest BCUT2D eigenvalue weighted by Gasteiger charge is 2.52. The normalized spacial score (nSPS) is 23.5. The minimum absolute atomic E-state index is 0.410. The van der Waals surface area contributed by atoms with Gasteiger partial charge in [-0.05, 0) is 52.3 Å². The van der Waals surface area contributed by atoms with Gasteiger partial charge in [-0.2, -0.15) is 13.2 Å². The molecule has 0 N–H and O–H groups in total. The summed E-state index contributed by atoms with van der Waals surface area (Å²) in [6, 6.07) is 4.13. The molecule has 8 heteroatoms. The van der Waals surface area contributed by atoms with Crippen LogP contribution in [-0.2, 0) is 15.5 Å². The Morgan fingerprint density at radius 1 is 0.923 bits per heavy atom. The highest BCUT2D eigenvalue weighted by Crippen LogP contribution is 2.38. The van der Waals surface area contributed by atoms with Crippen molar-refractivity contribution in [2.75, 3.05) is 38.1 Å². The van der Waals surface area contributed by atoms with Gasteiger partial charge < -0.3 is 19.1 Å². The summed E-state index contributed by atoms with van der Waals surface area (Å²) in [5.41, 5.74) is -0.886. The van der Waals surface area contributed by atoms with E-state index in [9.17, 15) is 13.2 Å². The average Bonchev–Trinajstić information content (AvgIpc) is 2.75. The lowest BCUT2D eigenvalue weighted by Crippen LogP contribution is -2.45. The predicted octanol–water partition coefficient (Wildman–Crippen LogP) is 2.76. The van der Waals surface area contributed by atoms with Gasteiger partial charge in [-0.25, -0.2) is 0 Å². The Kier molecular flexibility index (Phi) is 4.82. The third kappa shape index (κ3) is 3.73. The number of hydrogen-bond donors (Lipinski definition) is 0. The molecule has 0 aliphatic carbocycles. The lowest BCUT2D eigenvalue weighted by Gasteiger charge is -2.34. The van der Waals surface area contributed by atoms with E-state index in [1.807, 2.05) is 39.6 Å². The second kappa shape index (κ2) is 6.42. The Morgan fingerprint density at radius 3 is 1.96 bits per heavy atom. The van der Waals surface area contributed by atoms with Crippen LogP contribution in [0.1, 0.15) is 33.3 Å². The molecule has 4 nitrogen and oxygen atoms in total. The number of likely N-dealkylation sites (N-methyl/N-ethyl adjacent to an activating group) is 1. The van der Waals surface area contributed by atoms with Crippen LogP contribution in [0.15, 0.2) is 18.2 Å². The molecule has 144 valence electrons. The molecule has 0 atom stereocenters. The highest BCUT2D eigenvalue weighted by molar-refractivity contribution is 6.62. The van der Waals surface area contributed by atoms with Gasteiger partial charge in [-0.1, -0.05) is 6.07 Å². The maximum Gasteiger partial charge on any atom is 0.494 e. The number of benzene rings is 1. The van der Waals surface area contributed by atoms with Crippen molar-refractivity contribution in [3.63, 3.8) is 0 Å². The number of hydrogen-bond acceptors (Lipinski definition) is 4. The van der Waals surface area contributed by atoms with Crippen LogP contribution in [0.2, 0.25) is 0 Å². The fraction of sp³-hybridized carbons (Fsp3) is 0.667. The van der Waals surface area contributed by atoms with Crippen molar-refractivity contribution in [1.29, 1.82) is 0 Å². The molecule has 0 unspecified atom stereocenters. The van der Waals surface area contributed by atoms with E-state index in [4.69, 9.17) is 9.31 Å². The van der Waals surface area contributed by atoms with Crippen LogP contribution < -0.4 is 10.4 Å². The summed E-state index contributed by atoms with van der Waals surface area (Å²) in [5.74, 6) is 0. The van der Waals surface area contributed by atoms with Crippen LogP contribution in [0.3, 0.4) is 0 Å². The van der Waals surface area contributed by atoms with Crippen LogP contribution in [-0.4, -0.2) is 56.4 Å². The SMILES string of the molecule is CN1CCN(c2cc(B3OC(C)(C)C(C)(C)O3)cc(C(F)(F)F)c2)CC1. The van der Waals surface area contributed by atoms with E-state index < -0.39 is 30.1 Å². The highest BCUT2D eigenvalue weighted by atomic mass is 19.4. The molecule has 0 bridgehead atoms. The quantitative estimate of drug-likeness (QED) is 0.748. The third-order valence-electron chi connectivity index (χ3n) is 5.66. The molecule has 2 aliphatic heterocycles. The molecule has 0 spiro atoms. The first-order valence-corrected chi connectivity index (χ1v) is 8.90. The van der Waals surface area contributed by atoms with Crippen molar-refractivity contribution in [1.82, 2.24) is 4.90 Å². The van der Waals surface area contributed by atoms with Crippen molar-refractivity contribution < 1.29 is 22.5 Å². The molecule has 0 saturated carbocycles. The Balaban J connectivity index is 1.96. The first-order valence-electron chi connectivity index (χ1n) is 8.90. The maximum atomic E-state index is 13.5. The van der Waals surface area contributed by atoms with Gasteiger partial charge in [0.2, 0.25) is 0 Å². The van der Waals surface area contributed by atoms with Crippen molar-refractivity contribution >= 4 is 18.3 Å². The molecule has 3 rings (SSSR count). The topological polar surface area (TPSA) is 24.9 Å². The predicted molar refractivity (Wildman–Crippen MR) is 96.9 cm³/mol. The minimum atomic E-state index is -4.42. The molecular formula is C18H26BF3N2O2. The lowest BCUT2D eigenvalue weighted by atomic mass is 9.78. The zero-order valence-corrected chi connectivity index (χ0v) is 16.0. The van der Waals surface area contributed by atoms with Crippen molar-refractivity contribution in [3.8, 4) is 0 Å². The standard InChI is InChI=1S/C18H26BF3N2O2/c1-16(2)17(3,4)26-19(25-16)14-10-13(18(20,21)22)11-15(12-14)24-8-6-23(5)7-9-24/h10-12H,6-9H2,1-5H3. The number of alkyl halides is 3. The molecule has 1 aromatic carbocycles. The first-order chi connectivity index (χ1) is 11.9. The Morgan fingerprint density at radius 2 is 1.46 bits per heavy atom. The van der Waals surface area contributed by atoms with Crippen molar-refractivity contribution in [2.24, 2.45) is 0 Å². The molecule has 2 fully saturated rings. The van der Waals surface area contributed by atoms with Gasteiger partial charge in [0.25, 0.3) is 0 Å². The zero-order chi connectivity index (χ0) is 19.3. The van der Waals surface area contributed by atoms with Crippen LogP contribution in [0.25, 0.3) is 0 Å². The summed E-state index contributed by atoms with van der Waals surface area (Å²) >= 11 is 0. The number of piperazine rings is 1. The summed E-state index contributed by atoms with van der Waals surface area (Å²) in [7, 11) is 1.20. The van der Waals surface area contributed by atoms with Gasteiger partial charge in [0.15, 0.2) is 0 Å². The summed E-state index contributed by atoms with van der Waals surface area (Å²) in [6.07, 6.45) is -4.42. The number of halogens is 3. The van der Waals surface area contributed by atoms with Gasteiger partial charge in [0, 0.05) is 31.9 Å². The van der Waals surface area contributed by atoms with Crippen molar-refractivity contribution in [3.05, 3.63) is 23.8 Å². The van der Waals surface area contributed by atoms with E-state index in [0.29, 0.717) is 24.2 Å². The second-order valence-electron chi connectivity index (χ2n) is 8.19. The van der Waals surface area contributed by atoms with Gasteiger partial charge in [0.05, 0.1) is 16.8 Å². The lowest BCUT2D eigenvalue weighted by molar-refractivity contribution is -0.137. The van der Waals surface area contributed by atoms with E-state index in [0.717, 1.165) is 19.2 Å². The summed E-state index contributed by atoms with van der Waals surface area (Å²) in [6.45, 7) is 10.6. The molecule has 2 saturated heterocycles. The molecule has 2 aliphatic rings. The molecular weight excluding hydrogens is 344 g/mol. The van der Waals surface area contributed by atoms with E-state index in [2.05, 4.69) is 4.90 Å².